The van der Waals surface area contributed by atoms with Gasteiger partial charge < -0.3 is 15.0 Å². The molecular formula is C37H32BNO2S. The number of nitrogens with two attached hydrogens (primary N) is 1. The van der Waals surface area contributed by atoms with Crippen LogP contribution in [0.25, 0.3) is 22.3 Å². The van der Waals surface area contributed by atoms with Gasteiger partial charge in [-0.25, -0.2) is 0 Å². The number of nitrogen functional groups attached to an aromatic ring is 1. The van der Waals surface area contributed by atoms with Gasteiger partial charge in [0.1, 0.15) is 0 Å². The van der Waals surface area contributed by atoms with E-state index >= 15 is 0 Å². The van der Waals surface area contributed by atoms with E-state index in [1.807, 2.05) is 23.9 Å². The van der Waals surface area contributed by atoms with Gasteiger partial charge in [0.15, 0.2) is 0 Å². The fourth-order valence-corrected chi connectivity index (χ4v) is 8.19. The molecular weight excluding hydrogens is 533 g/mol. The smallest absolute Gasteiger partial charge is 0.399 e. The maximum Gasteiger partial charge on any atom is 0.494 e. The van der Waals surface area contributed by atoms with Crippen molar-refractivity contribution in [1.82, 2.24) is 0 Å². The summed E-state index contributed by atoms with van der Waals surface area (Å²) in [5.74, 6) is 0. The Kier molecular flexibility index (Phi) is 5.47. The summed E-state index contributed by atoms with van der Waals surface area (Å²) in [5, 5.41) is 0. The lowest BCUT2D eigenvalue weighted by molar-refractivity contribution is 0.00578. The Hall–Kier alpha value is -3.77. The normalized spacial score (nSPS) is 18.3. The third kappa shape index (κ3) is 3.45. The van der Waals surface area contributed by atoms with E-state index in [0.717, 1.165) is 16.7 Å². The molecule has 5 aromatic carbocycles. The van der Waals surface area contributed by atoms with Crippen molar-refractivity contribution < 1.29 is 9.31 Å². The van der Waals surface area contributed by atoms with E-state index in [1.165, 1.54) is 48.7 Å². The maximum absolute atomic E-state index is 6.57. The molecule has 5 aromatic rings. The fraction of sp³-hybridized carbons (Fsp3) is 0.189. The number of hydrogen-bond donors (Lipinski definition) is 1. The van der Waals surface area contributed by atoms with E-state index < -0.39 is 23.7 Å². The Morgan fingerprint density at radius 2 is 1.19 bits per heavy atom. The molecule has 0 unspecified atom stereocenters. The first kappa shape index (κ1) is 25.9. The fourth-order valence-electron chi connectivity index (χ4n) is 6.99. The minimum atomic E-state index is -0.480. The lowest BCUT2D eigenvalue weighted by Crippen LogP contribution is -2.41. The summed E-state index contributed by atoms with van der Waals surface area (Å²) in [5.41, 5.74) is 16.7. The Bertz CT molecular complexity index is 1830. The molecule has 0 aromatic heterocycles. The Morgan fingerprint density at radius 3 is 1.83 bits per heavy atom. The highest BCUT2D eigenvalue weighted by molar-refractivity contribution is 7.99. The molecule has 1 aliphatic carbocycles. The van der Waals surface area contributed by atoms with Gasteiger partial charge in [-0.3, -0.25) is 0 Å². The summed E-state index contributed by atoms with van der Waals surface area (Å²) in [4.78, 5) is 2.57. The molecule has 1 fully saturated rings. The van der Waals surface area contributed by atoms with E-state index in [-0.39, 0.29) is 0 Å². The summed E-state index contributed by atoms with van der Waals surface area (Å²) in [7, 11) is -0.443. The van der Waals surface area contributed by atoms with Crippen molar-refractivity contribution in [1.29, 1.82) is 0 Å². The van der Waals surface area contributed by atoms with E-state index in [9.17, 15) is 0 Å². The molecule has 206 valence electrons. The molecule has 0 atom stereocenters. The number of benzene rings is 5. The molecule has 0 radical (unpaired) electrons. The molecule has 3 aliphatic rings. The lowest BCUT2D eigenvalue weighted by atomic mass is 9.66. The molecule has 1 saturated heterocycles. The van der Waals surface area contributed by atoms with Gasteiger partial charge in [0.05, 0.1) is 16.6 Å². The van der Waals surface area contributed by atoms with Crippen LogP contribution in [0.4, 0.5) is 5.69 Å². The van der Waals surface area contributed by atoms with Gasteiger partial charge in [-0.15, -0.1) is 0 Å². The number of anilines is 1. The topological polar surface area (TPSA) is 44.5 Å². The highest BCUT2D eigenvalue weighted by Crippen LogP contribution is 2.63. The number of hydrogen-bond acceptors (Lipinski definition) is 4. The maximum atomic E-state index is 6.57. The minimum absolute atomic E-state index is 0.416. The first-order valence-corrected chi connectivity index (χ1v) is 15.4. The highest BCUT2D eigenvalue weighted by atomic mass is 32.2. The molecule has 42 heavy (non-hydrogen) atoms. The summed E-state index contributed by atoms with van der Waals surface area (Å²) in [6.45, 7) is 8.45. The van der Waals surface area contributed by atoms with Gasteiger partial charge in [-0.2, -0.15) is 0 Å². The van der Waals surface area contributed by atoms with Crippen LogP contribution in [-0.4, -0.2) is 18.3 Å². The molecule has 5 heteroatoms. The lowest BCUT2D eigenvalue weighted by Gasteiger charge is -2.39. The summed E-state index contributed by atoms with van der Waals surface area (Å²) in [6, 6.07) is 39.7. The third-order valence-electron chi connectivity index (χ3n) is 9.73. The molecule has 1 spiro atoms. The standard InChI is InChI=1S/C37H32BNO2S/c1-35(2)36(3,4)41-38(40-35)24-18-21-27-31(22-24)37(28-11-5-7-14-32(28)42-33-15-8-6-12-29(33)37)30-13-9-10-26(34(27)30)23-16-19-25(39)20-17-23/h5-22H,39H2,1-4H3. The Morgan fingerprint density at radius 1 is 0.595 bits per heavy atom. The van der Waals surface area contributed by atoms with Crippen molar-refractivity contribution >= 4 is 30.0 Å². The monoisotopic (exact) mass is 565 g/mol. The average Bonchev–Trinajstić information content (AvgIpc) is 3.40. The van der Waals surface area contributed by atoms with Crippen molar-refractivity contribution in [2.75, 3.05) is 5.73 Å². The largest absolute Gasteiger partial charge is 0.494 e. The second kappa shape index (κ2) is 8.87. The second-order valence-corrected chi connectivity index (χ2v) is 13.7. The van der Waals surface area contributed by atoms with Gasteiger partial charge in [0.25, 0.3) is 0 Å². The molecule has 3 nitrogen and oxygen atoms in total. The molecule has 0 saturated carbocycles. The van der Waals surface area contributed by atoms with E-state index in [2.05, 4.69) is 125 Å². The van der Waals surface area contributed by atoms with Crippen LogP contribution < -0.4 is 11.2 Å². The highest BCUT2D eigenvalue weighted by Gasteiger charge is 2.54. The number of rotatable bonds is 2. The zero-order valence-corrected chi connectivity index (χ0v) is 25.1. The van der Waals surface area contributed by atoms with E-state index in [4.69, 9.17) is 15.0 Å². The van der Waals surface area contributed by atoms with Crippen molar-refractivity contribution in [2.24, 2.45) is 0 Å². The Balaban J connectivity index is 1.46. The SMILES string of the molecule is CC1(C)OB(c2ccc3c(c2)C2(c4ccccc4Sc4ccccc42)c2cccc(-c4ccc(N)cc4)c2-3)OC1(C)C. The van der Waals surface area contributed by atoms with Crippen LogP contribution in [0.5, 0.6) is 0 Å². The van der Waals surface area contributed by atoms with Crippen LogP contribution >= 0.6 is 11.8 Å². The Labute approximate surface area is 252 Å². The number of fused-ring (bicyclic) bond motifs is 9. The predicted octanol–water partition coefficient (Wildman–Crippen LogP) is 8.06. The van der Waals surface area contributed by atoms with Gasteiger partial charge in [0.2, 0.25) is 0 Å². The van der Waals surface area contributed by atoms with E-state index in [1.54, 1.807) is 0 Å². The van der Waals surface area contributed by atoms with Gasteiger partial charge in [-0.05, 0) is 102 Å². The van der Waals surface area contributed by atoms with Crippen molar-refractivity contribution in [3.8, 4) is 22.3 Å². The molecule has 0 amide bonds. The first-order valence-electron chi connectivity index (χ1n) is 14.6. The van der Waals surface area contributed by atoms with Crippen molar-refractivity contribution in [3.05, 3.63) is 131 Å². The van der Waals surface area contributed by atoms with Crippen LogP contribution in [-0.2, 0) is 14.7 Å². The summed E-state index contributed by atoms with van der Waals surface area (Å²) in [6.07, 6.45) is 0. The third-order valence-corrected chi connectivity index (χ3v) is 10.9. The average molecular weight is 566 g/mol. The van der Waals surface area contributed by atoms with Crippen LogP contribution in [0.2, 0.25) is 0 Å². The van der Waals surface area contributed by atoms with Crippen LogP contribution in [0.15, 0.2) is 119 Å². The molecule has 0 bridgehead atoms. The van der Waals surface area contributed by atoms with Gasteiger partial charge in [0, 0.05) is 15.5 Å². The molecule has 8 rings (SSSR count). The summed E-state index contributed by atoms with van der Waals surface area (Å²) >= 11 is 1.86. The predicted molar refractivity (Wildman–Crippen MR) is 173 cm³/mol. The molecule has 2 N–H and O–H groups in total. The molecule has 2 heterocycles. The molecule has 2 aliphatic heterocycles. The second-order valence-electron chi connectivity index (χ2n) is 12.6. The van der Waals surface area contributed by atoms with Crippen LogP contribution in [0, 0.1) is 0 Å². The quantitative estimate of drug-likeness (QED) is 0.170. The zero-order chi connectivity index (χ0) is 28.9. The first-order chi connectivity index (χ1) is 20.2. The van der Waals surface area contributed by atoms with Crippen LogP contribution in [0.3, 0.4) is 0 Å². The van der Waals surface area contributed by atoms with Crippen LogP contribution in [0.1, 0.15) is 49.9 Å². The minimum Gasteiger partial charge on any atom is -0.399 e. The van der Waals surface area contributed by atoms with Gasteiger partial charge in [-0.1, -0.05) is 96.7 Å². The van der Waals surface area contributed by atoms with Crippen molar-refractivity contribution in [2.45, 2.75) is 54.1 Å². The van der Waals surface area contributed by atoms with E-state index in [0.29, 0.717) is 0 Å². The van der Waals surface area contributed by atoms with Crippen molar-refractivity contribution in [3.63, 3.8) is 0 Å². The zero-order valence-electron chi connectivity index (χ0n) is 24.3. The summed E-state index contributed by atoms with van der Waals surface area (Å²) < 4.78 is 13.1. The van der Waals surface area contributed by atoms with Gasteiger partial charge >= 0.3 is 7.12 Å².